The van der Waals surface area contributed by atoms with E-state index in [-0.39, 0.29) is 17.8 Å². The maximum absolute atomic E-state index is 13.8. The lowest BCUT2D eigenvalue weighted by atomic mass is 10.1. The highest BCUT2D eigenvalue weighted by Crippen LogP contribution is 2.26. The number of amides is 1. The molecule has 5 heteroatoms. The molecule has 3 rings (SSSR count). The quantitative estimate of drug-likeness (QED) is 0.916. The predicted molar refractivity (Wildman–Crippen MR) is 90.8 cm³/mol. The van der Waals surface area contributed by atoms with Crippen LogP contribution in [0.4, 0.5) is 4.39 Å². The first-order chi connectivity index (χ1) is 11.6. The van der Waals surface area contributed by atoms with E-state index >= 15 is 0 Å². The predicted octanol–water partition coefficient (Wildman–Crippen LogP) is 3.21. The second-order valence-corrected chi connectivity index (χ2v) is 6.48. The summed E-state index contributed by atoms with van der Waals surface area (Å²) in [5.74, 6) is 1.41. The van der Waals surface area contributed by atoms with E-state index in [1.54, 1.807) is 24.3 Å². The van der Waals surface area contributed by atoms with E-state index in [0.29, 0.717) is 42.4 Å². The van der Waals surface area contributed by atoms with E-state index in [0.717, 1.165) is 13.0 Å². The topological polar surface area (TPSA) is 59.5 Å². The maximum Gasteiger partial charge on any atom is 0.223 e. The zero-order valence-electron chi connectivity index (χ0n) is 13.9. The smallest absolute Gasteiger partial charge is 0.223 e. The third-order valence-corrected chi connectivity index (χ3v) is 4.70. The fourth-order valence-corrected chi connectivity index (χ4v) is 3.35. The number of likely N-dealkylation sites (tertiary alicyclic amines) is 1. The molecule has 1 aromatic heterocycles. The minimum absolute atomic E-state index is 0.127. The van der Waals surface area contributed by atoms with Crippen LogP contribution in [-0.2, 0) is 11.2 Å². The Morgan fingerprint density at radius 3 is 2.83 bits per heavy atom. The van der Waals surface area contributed by atoms with Crippen LogP contribution in [0.5, 0.6) is 0 Å². The number of furan rings is 1. The molecule has 2 unspecified atom stereocenters. The summed E-state index contributed by atoms with van der Waals surface area (Å²) < 4.78 is 19.5. The van der Waals surface area contributed by atoms with Crippen molar-refractivity contribution >= 4 is 5.91 Å². The molecule has 0 saturated carbocycles. The van der Waals surface area contributed by atoms with Gasteiger partial charge in [0.25, 0.3) is 0 Å². The second kappa shape index (κ2) is 7.18. The average molecular weight is 330 g/mol. The standard InChI is InChI=1S/C19H23FN2O2/c1-13-10-14(11-21)12-22(13)19(23)9-7-15-6-8-18(24-15)16-4-2-3-5-17(16)20/h2-6,8,13-14H,7,9-12,21H2,1H3. The molecule has 24 heavy (non-hydrogen) atoms. The number of aryl methyl sites for hydroxylation is 1. The molecule has 128 valence electrons. The lowest BCUT2D eigenvalue weighted by Gasteiger charge is -2.21. The normalized spacial score (nSPS) is 20.5. The van der Waals surface area contributed by atoms with Gasteiger partial charge in [0.15, 0.2) is 0 Å². The van der Waals surface area contributed by atoms with Gasteiger partial charge >= 0.3 is 0 Å². The van der Waals surface area contributed by atoms with Crippen molar-refractivity contribution in [2.45, 2.75) is 32.2 Å². The molecule has 0 aliphatic carbocycles. The molecule has 1 aromatic carbocycles. The van der Waals surface area contributed by atoms with E-state index in [1.165, 1.54) is 6.07 Å². The molecule has 0 bridgehead atoms. The molecular weight excluding hydrogens is 307 g/mol. The van der Waals surface area contributed by atoms with Crippen LogP contribution in [0.25, 0.3) is 11.3 Å². The monoisotopic (exact) mass is 330 g/mol. The van der Waals surface area contributed by atoms with Crippen LogP contribution < -0.4 is 5.73 Å². The summed E-state index contributed by atoms with van der Waals surface area (Å²) in [6, 6.07) is 10.3. The molecule has 2 aromatic rings. The summed E-state index contributed by atoms with van der Waals surface area (Å²) in [6.07, 6.45) is 1.88. The number of halogens is 1. The SMILES string of the molecule is CC1CC(CN)CN1C(=O)CCc1ccc(-c2ccccc2F)o1. The summed E-state index contributed by atoms with van der Waals surface area (Å²) in [5.41, 5.74) is 6.15. The maximum atomic E-state index is 13.8. The molecule has 0 radical (unpaired) electrons. The van der Waals surface area contributed by atoms with Gasteiger partial charge in [-0.1, -0.05) is 12.1 Å². The first kappa shape index (κ1) is 16.7. The number of nitrogens with zero attached hydrogens (tertiary/aromatic N) is 1. The van der Waals surface area contributed by atoms with Crippen LogP contribution in [0, 0.1) is 11.7 Å². The highest BCUT2D eigenvalue weighted by molar-refractivity contribution is 5.77. The Labute approximate surface area is 141 Å². The zero-order chi connectivity index (χ0) is 17.1. The zero-order valence-corrected chi connectivity index (χ0v) is 13.9. The van der Waals surface area contributed by atoms with Gasteiger partial charge in [-0.2, -0.15) is 0 Å². The molecule has 1 aliphatic heterocycles. The average Bonchev–Trinajstić information content (AvgIpc) is 3.19. The molecule has 1 aliphatic rings. The number of hydrogen-bond acceptors (Lipinski definition) is 3. The minimum Gasteiger partial charge on any atom is -0.461 e. The molecule has 0 spiro atoms. The fraction of sp³-hybridized carbons (Fsp3) is 0.421. The van der Waals surface area contributed by atoms with Gasteiger partial charge in [0.1, 0.15) is 17.3 Å². The van der Waals surface area contributed by atoms with Crippen molar-refractivity contribution in [2.75, 3.05) is 13.1 Å². The van der Waals surface area contributed by atoms with E-state index in [9.17, 15) is 9.18 Å². The van der Waals surface area contributed by atoms with E-state index < -0.39 is 0 Å². The summed E-state index contributed by atoms with van der Waals surface area (Å²) >= 11 is 0. The lowest BCUT2D eigenvalue weighted by molar-refractivity contribution is -0.131. The van der Waals surface area contributed by atoms with Gasteiger partial charge < -0.3 is 15.1 Å². The van der Waals surface area contributed by atoms with E-state index in [1.807, 2.05) is 11.0 Å². The van der Waals surface area contributed by atoms with Crippen molar-refractivity contribution in [3.8, 4) is 11.3 Å². The van der Waals surface area contributed by atoms with Crippen LogP contribution in [0.1, 0.15) is 25.5 Å². The molecule has 2 atom stereocenters. The largest absolute Gasteiger partial charge is 0.461 e. The van der Waals surface area contributed by atoms with Crippen LogP contribution in [0.2, 0.25) is 0 Å². The number of rotatable bonds is 5. The number of carbonyl (C=O) groups excluding carboxylic acids is 1. The molecule has 1 fully saturated rings. The van der Waals surface area contributed by atoms with Crippen LogP contribution in [0.15, 0.2) is 40.8 Å². The van der Waals surface area contributed by atoms with Crippen LogP contribution in [-0.4, -0.2) is 29.9 Å². The minimum atomic E-state index is -0.312. The lowest BCUT2D eigenvalue weighted by Crippen LogP contribution is -2.34. The van der Waals surface area contributed by atoms with Gasteiger partial charge in [0.2, 0.25) is 5.91 Å². The third kappa shape index (κ3) is 3.51. The summed E-state index contributed by atoms with van der Waals surface area (Å²) in [7, 11) is 0. The Bertz CT molecular complexity index is 713. The fourth-order valence-electron chi connectivity index (χ4n) is 3.35. The van der Waals surface area contributed by atoms with Gasteiger partial charge in [-0.25, -0.2) is 4.39 Å². The summed E-state index contributed by atoms with van der Waals surface area (Å²) in [4.78, 5) is 14.3. The first-order valence-electron chi connectivity index (χ1n) is 8.41. The molecule has 2 heterocycles. The Hall–Kier alpha value is -2.14. The van der Waals surface area contributed by atoms with Crippen LogP contribution in [0.3, 0.4) is 0 Å². The van der Waals surface area contributed by atoms with Gasteiger partial charge in [-0.15, -0.1) is 0 Å². The van der Waals surface area contributed by atoms with Gasteiger partial charge in [-0.05, 0) is 50.1 Å². The number of carbonyl (C=O) groups is 1. The van der Waals surface area contributed by atoms with Crippen LogP contribution >= 0.6 is 0 Å². The van der Waals surface area contributed by atoms with Gasteiger partial charge in [0, 0.05) is 25.4 Å². The highest BCUT2D eigenvalue weighted by atomic mass is 19.1. The Kier molecular flexibility index (Phi) is 5.00. The first-order valence-corrected chi connectivity index (χ1v) is 8.41. The molecule has 2 N–H and O–H groups in total. The number of hydrogen-bond donors (Lipinski definition) is 1. The third-order valence-electron chi connectivity index (χ3n) is 4.70. The van der Waals surface area contributed by atoms with E-state index in [4.69, 9.17) is 10.2 Å². The second-order valence-electron chi connectivity index (χ2n) is 6.48. The molecular formula is C19H23FN2O2. The Balaban J connectivity index is 1.60. The molecule has 1 amide bonds. The molecule has 4 nitrogen and oxygen atoms in total. The van der Waals surface area contributed by atoms with Gasteiger partial charge in [0.05, 0.1) is 5.56 Å². The van der Waals surface area contributed by atoms with Crippen molar-refractivity contribution in [3.63, 3.8) is 0 Å². The number of benzene rings is 1. The van der Waals surface area contributed by atoms with Gasteiger partial charge in [-0.3, -0.25) is 4.79 Å². The molecule has 1 saturated heterocycles. The van der Waals surface area contributed by atoms with Crippen molar-refractivity contribution in [3.05, 3.63) is 48.0 Å². The van der Waals surface area contributed by atoms with Crippen molar-refractivity contribution in [1.29, 1.82) is 0 Å². The van der Waals surface area contributed by atoms with Crippen molar-refractivity contribution in [1.82, 2.24) is 4.90 Å². The van der Waals surface area contributed by atoms with Crippen molar-refractivity contribution < 1.29 is 13.6 Å². The number of nitrogens with two attached hydrogens (primary N) is 1. The van der Waals surface area contributed by atoms with E-state index in [2.05, 4.69) is 6.92 Å². The highest BCUT2D eigenvalue weighted by Gasteiger charge is 2.31. The summed E-state index contributed by atoms with van der Waals surface area (Å²) in [5, 5.41) is 0. The summed E-state index contributed by atoms with van der Waals surface area (Å²) in [6.45, 7) is 3.43. The Morgan fingerprint density at radius 1 is 1.33 bits per heavy atom. The Morgan fingerprint density at radius 2 is 2.12 bits per heavy atom. The van der Waals surface area contributed by atoms with Crippen molar-refractivity contribution in [2.24, 2.45) is 11.7 Å².